The molecule has 0 N–H and O–H groups in total. The molecule has 0 spiro atoms. The second kappa shape index (κ2) is 7.61. The summed E-state index contributed by atoms with van der Waals surface area (Å²) in [4.78, 5) is 22.4. The SMILES string of the molecule is COc1ccc(CC(=O)N2CC[C@@H](Oc3ncc(Br)cn3)C2)cc1. The van der Waals surface area contributed by atoms with Crippen molar-refractivity contribution in [1.29, 1.82) is 0 Å². The molecule has 1 aliphatic heterocycles. The number of methoxy groups -OCH3 is 1. The number of hydrogen-bond donors (Lipinski definition) is 0. The minimum Gasteiger partial charge on any atom is -0.497 e. The molecule has 24 heavy (non-hydrogen) atoms. The van der Waals surface area contributed by atoms with Crippen LogP contribution in [0.1, 0.15) is 12.0 Å². The largest absolute Gasteiger partial charge is 0.497 e. The van der Waals surface area contributed by atoms with Gasteiger partial charge in [0.25, 0.3) is 0 Å². The Balaban J connectivity index is 1.52. The summed E-state index contributed by atoms with van der Waals surface area (Å²) in [5.74, 6) is 0.887. The van der Waals surface area contributed by atoms with Gasteiger partial charge in [0.05, 0.1) is 24.5 Å². The van der Waals surface area contributed by atoms with Gasteiger partial charge in [-0.3, -0.25) is 4.79 Å². The second-order valence-electron chi connectivity index (χ2n) is 5.58. The number of halogens is 1. The highest BCUT2D eigenvalue weighted by Crippen LogP contribution is 2.18. The Hall–Kier alpha value is -2.15. The zero-order valence-corrected chi connectivity index (χ0v) is 14.9. The molecule has 1 saturated heterocycles. The van der Waals surface area contributed by atoms with Crippen molar-refractivity contribution in [2.45, 2.75) is 18.9 Å². The first-order valence-electron chi connectivity index (χ1n) is 7.69. The van der Waals surface area contributed by atoms with Crippen molar-refractivity contribution in [3.8, 4) is 11.8 Å². The summed E-state index contributed by atoms with van der Waals surface area (Å²) in [5, 5.41) is 0. The van der Waals surface area contributed by atoms with Crippen LogP contribution in [0.2, 0.25) is 0 Å². The molecule has 0 unspecified atom stereocenters. The number of amides is 1. The average Bonchev–Trinajstić information content (AvgIpc) is 3.06. The van der Waals surface area contributed by atoms with E-state index in [-0.39, 0.29) is 12.0 Å². The number of likely N-dealkylation sites (tertiary alicyclic amines) is 1. The first-order valence-corrected chi connectivity index (χ1v) is 8.48. The van der Waals surface area contributed by atoms with E-state index >= 15 is 0 Å². The average molecular weight is 392 g/mol. The van der Waals surface area contributed by atoms with Crippen LogP contribution in [-0.4, -0.2) is 47.1 Å². The third-order valence-corrected chi connectivity index (χ3v) is 4.29. The Morgan fingerprint density at radius 2 is 2.00 bits per heavy atom. The molecule has 6 nitrogen and oxygen atoms in total. The van der Waals surface area contributed by atoms with Gasteiger partial charge in [-0.1, -0.05) is 12.1 Å². The highest BCUT2D eigenvalue weighted by atomic mass is 79.9. The van der Waals surface area contributed by atoms with Crippen molar-refractivity contribution in [2.24, 2.45) is 0 Å². The molecule has 0 saturated carbocycles. The van der Waals surface area contributed by atoms with Crippen LogP contribution in [0, 0.1) is 0 Å². The fraction of sp³-hybridized carbons (Fsp3) is 0.353. The Morgan fingerprint density at radius 1 is 1.29 bits per heavy atom. The van der Waals surface area contributed by atoms with Gasteiger partial charge in [-0.25, -0.2) is 9.97 Å². The molecule has 0 bridgehead atoms. The fourth-order valence-electron chi connectivity index (χ4n) is 2.59. The molecule has 1 aliphatic rings. The van der Waals surface area contributed by atoms with Crippen LogP contribution in [0.4, 0.5) is 0 Å². The van der Waals surface area contributed by atoms with Crippen molar-refractivity contribution >= 4 is 21.8 Å². The Kier molecular flexibility index (Phi) is 5.30. The maximum atomic E-state index is 12.4. The lowest BCUT2D eigenvalue weighted by Crippen LogP contribution is -2.32. The number of carbonyl (C=O) groups is 1. The number of benzene rings is 1. The highest BCUT2D eigenvalue weighted by molar-refractivity contribution is 9.10. The summed E-state index contributed by atoms with van der Waals surface area (Å²) in [6.07, 6.45) is 4.39. The normalized spacial score (nSPS) is 16.9. The minimum absolute atomic E-state index is 0.0639. The number of ether oxygens (including phenoxy) is 2. The standard InChI is InChI=1S/C17H18BrN3O3/c1-23-14-4-2-12(3-5-14)8-16(22)21-7-6-15(11-21)24-17-19-9-13(18)10-20-17/h2-5,9-10,15H,6-8,11H2,1H3/t15-/m1/s1. The Labute approximate surface area is 148 Å². The van der Waals surface area contributed by atoms with Gasteiger partial charge in [-0.2, -0.15) is 0 Å². The van der Waals surface area contributed by atoms with Gasteiger partial charge >= 0.3 is 6.01 Å². The number of rotatable bonds is 5. The molecule has 7 heteroatoms. The van der Waals surface area contributed by atoms with Crippen molar-refractivity contribution in [1.82, 2.24) is 14.9 Å². The van der Waals surface area contributed by atoms with Crippen LogP contribution in [0.25, 0.3) is 0 Å². The number of aromatic nitrogens is 2. The summed E-state index contributed by atoms with van der Waals surface area (Å²) < 4.78 is 11.7. The summed E-state index contributed by atoms with van der Waals surface area (Å²) in [7, 11) is 1.62. The minimum atomic E-state index is -0.0639. The number of nitrogens with zero attached hydrogens (tertiary/aromatic N) is 3. The van der Waals surface area contributed by atoms with Crippen LogP contribution in [0.3, 0.4) is 0 Å². The third kappa shape index (κ3) is 4.23. The molecule has 3 rings (SSSR count). The van der Waals surface area contributed by atoms with Gasteiger partial charge in [-0.05, 0) is 33.6 Å². The molecule has 1 aromatic heterocycles. The van der Waals surface area contributed by atoms with E-state index in [4.69, 9.17) is 9.47 Å². The van der Waals surface area contributed by atoms with Gasteiger partial charge in [0, 0.05) is 25.4 Å². The Morgan fingerprint density at radius 3 is 2.67 bits per heavy atom. The summed E-state index contributed by atoms with van der Waals surface area (Å²) in [6, 6.07) is 7.90. The lowest BCUT2D eigenvalue weighted by atomic mass is 10.1. The predicted molar refractivity (Wildman–Crippen MR) is 92.0 cm³/mol. The summed E-state index contributed by atoms with van der Waals surface area (Å²) in [5.41, 5.74) is 0.974. The van der Waals surface area contributed by atoms with Gasteiger partial charge in [0.15, 0.2) is 0 Å². The smallest absolute Gasteiger partial charge is 0.316 e. The predicted octanol–water partition coefficient (Wildman–Crippen LogP) is 2.47. The molecule has 1 amide bonds. The van der Waals surface area contributed by atoms with E-state index in [1.54, 1.807) is 19.5 Å². The molecular formula is C17H18BrN3O3. The van der Waals surface area contributed by atoms with Crippen LogP contribution >= 0.6 is 15.9 Å². The van der Waals surface area contributed by atoms with E-state index < -0.39 is 0 Å². The quantitative estimate of drug-likeness (QED) is 0.783. The van der Waals surface area contributed by atoms with E-state index in [1.165, 1.54) is 0 Å². The molecule has 2 heterocycles. The first-order chi connectivity index (χ1) is 11.6. The second-order valence-corrected chi connectivity index (χ2v) is 6.49. The van der Waals surface area contributed by atoms with E-state index in [1.807, 2.05) is 29.2 Å². The van der Waals surface area contributed by atoms with Crippen LogP contribution in [0.5, 0.6) is 11.8 Å². The fourth-order valence-corrected chi connectivity index (χ4v) is 2.80. The van der Waals surface area contributed by atoms with Crippen LogP contribution < -0.4 is 9.47 Å². The van der Waals surface area contributed by atoms with Crippen LogP contribution in [0.15, 0.2) is 41.1 Å². The molecule has 1 atom stereocenters. The number of hydrogen-bond acceptors (Lipinski definition) is 5. The van der Waals surface area contributed by atoms with E-state index in [0.717, 1.165) is 22.2 Å². The number of carbonyl (C=O) groups excluding carboxylic acids is 1. The zero-order chi connectivity index (χ0) is 16.9. The molecule has 1 fully saturated rings. The molecule has 2 aromatic rings. The molecular weight excluding hydrogens is 374 g/mol. The van der Waals surface area contributed by atoms with Crippen LogP contribution in [-0.2, 0) is 11.2 Å². The maximum absolute atomic E-state index is 12.4. The summed E-state index contributed by atoms with van der Waals surface area (Å²) in [6.45, 7) is 1.25. The van der Waals surface area contributed by atoms with E-state index in [2.05, 4.69) is 25.9 Å². The van der Waals surface area contributed by atoms with Gasteiger partial charge in [0.1, 0.15) is 11.9 Å². The molecule has 0 aliphatic carbocycles. The lowest BCUT2D eigenvalue weighted by Gasteiger charge is -2.17. The first kappa shape index (κ1) is 16.7. The zero-order valence-electron chi connectivity index (χ0n) is 13.3. The van der Waals surface area contributed by atoms with Gasteiger partial charge in [0.2, 0.25) is 5.91 Å². The van der Waals surface area contributed by atoms with Gasteiger partial charge in [-0.15, -0.1) is 0 Å². The Bertz CT molecular complexity index is 691. The highest BCUT2D eigenvalue weighted by Gasteiger charge is 2.28. The van der Waals surface area contributed by atoms with Crippen molar-refractivity contribution in [2.75, 3.05) is 20.2 Å². The maximum Gasteiger partial charge on any atom is 0.316 e. The summed E-state index contributed by atoms with van der Waals surface area (Å²) >= 11 is 3.29. The van der Waals surface area contributed by atoms with Crippen molar-refractivity contribution in [3.63, 3.8) is 0 Å². The lowest BCUT2D eigenvalue weighted by molar-refractivity contribution is -0.129. The molecule has 126 valence electrons. The monoisotopic (exact) mass is 391 g/mol. The van der Waals surface area contributed by atoms with E-state index in [9.17, 15) is 4.79 Å². The topological polar surface area (TPSA) is 64.5 Å². The van der Waals surface area contributed by atoms with Gasteiger partial charge < -0.3 is 14.4 Å². The van der Waals surface area contributed by atoms with Crippen molar-refractivity contribution in [3.05, 3.63) is 46.7 Å². The molecule has 1 aromatic carbocycles. The molecule has 0 radical (unpaired) electrons. The third-order valence-electron chi connectivity index (χ3n) is 3.88. The van der Waals surface area contributed by atoms with Crippen molar-refractivity contribution < 1.29 is 14.3 Å². The van der Waals surface area contributed by atoms with E-state index in [0.29, 0.717) is 25.5 Å².